The van der Waals surface area contributed by atoms with Crippen LogP contribution in [0.2, 0.25) is 0 Å². The lowest BCUT2D eigenvalue weighted by atomic mass is 10.2. The quantitative estimate of drug-likeness (QED) is 0.922. The summed E-state index contributed by atoms with van der Waals surface area (Å²) in [6, 6.07) is 4.50. The van der Waals surface area contributed by atoms with Gasteiger partial charge in [-0.15, -0.1) is 0 Å². The van der Waals surface area contributed by atoms with Gasteiger partial charge in [-0.05, 0) is 12.1 Å². The summed E-state index contributed by atoms with van der Waals surface area (Å²) < 4.78 is 43.4. The van der Waals surface area contributed by atoms with Crippen LogP contribution in [-0.4, -0.2) is 41.3 Å². The number of pyridine rings is 1. The van der Waals surface area contributed by atoms with E-state index in [0.717, 1.165) is 36.7 Å². The van der Waals surface area contributed by atoms with Crippen LogP contribution in [-0.2, 0) is 17.5 Å². The van der Waals surface area contributed by atoms with Crippen molar-refractivity contribution in [2.75, 3.05) is 36.5 Å². The highest BCUT2D eigenvalue weighted by atomic mass is 19.4. The maximum atomic E-state index is 12.7. The molecule has 0 bridgehead atoms. The lowest BCUT2D eigenvalue weighted by molar-refractivity contribution is -0.141. The van der Waals surface area contributed by atoms with E-state index in [4.69, 9.17) is 4.74 Å². The van der Waals surface area contributed by atoms with Crippen LogP contribution < -0.4 is 10.2 Å². The third-order valence-corrected chi connectivity index (χ3v) is 3.56. The third-order valence-electron chi connectivity index (χ3n) is 3.56. The largest absolute Gasteiger partial charge is 0.433 e. The summed E-state index contributed by atoms with van der Waals surface area (Å²) in [5.74, 6) is 0.724. The van der Waals surface area contributed by atoms with Gasteiger partial charge in [0.1, 0.15) is 11.5 Å². The molecule has 3 rings (SSSR count). The number of morpholine rings is 1. The molecule has 6 nitrogen and oxygen atoms in total. The van der Waals surface area contributed by atoms with Crippen LogP contribution in [0, 0.1) is 0 Å². The third kappa shape index (κ3) is 3.91. The van der Waals surface area contributed by atoms with Crippen molar-refractivity contribution in [2.24, 2.45) is 0 Å². The van der Waals surface area contributed by atoms with Crippen molar-refractivity contribution in [1.82, 2.24) is 15.0 Å². The Balaban J connectivity index is 1.73. The zero-order valence-corrected chi connectivity index (χ0v) is 12.8. The number of halogens is 3. The Morgan fingerprint density at radius 2 is 1.92 bits per heavy atom. The van der Waals surface area contributed by atoms with Gasteiger partial charge in [0.15, 0.2) is 0 Å². The average molecular weight is 339 g/mol. The van der Waals surface area contributed by atoms with Gasteiger partial charge >= 0.3 is 6.18 Å². The van der Waals surface area contributed by atoms with Gasteiger partial charge in [0.2, 0.25) is 5.95 Å². The first-order valence-electron chi connectivity index (χ1n) is 7.45. The Hall–Kier alpha value is -2.42. The van der Waals surface area contributed by atoms with E-state index < -0.39 is 11.9 Å². The van der Waals surface area contributed by atoms with Crippen LogP contribution in [0.5, 0.6) is 0 Å². The summed E-state index contributed by atoms with van der Waals surface area (Å²) in [6.45, 7) is 2.98. The minimum atomic E-state index is -4.49. The van der Waals surface area contributed by atoms with Gasteiger partial charge in [0.25, 0.3) is 0 Å². The lowest BCUT2D eigenvalue weighted by Gasteiger charge is -2.29. The van der Waals surface area contributed by atoms with Crippen LogP contribution in [0.1, 0.15) is 11.3 Å². The second-order valence-electron chi connectivity index (χ2n) is 5.20. The van der Waals surface area contributed by atoms with E-state index >= 15 is 0 Å². The zero-order chi connectivity index (χ0) is 17.0. The topological polar surface area (TPSA) is 63.2 Å². The Morgan fingerprint density at radius 3 is 2.67 bits per heavy atom. The molecule has 0 aliphatic carbocycles. The Labute approximate surface area is 136 Å². The van der Waals surface area contributed by atoms with E-state index in [1.165, 1.54) is 0 Å². The normalized spacial score (nSPS) is 15.4. The number of rotatable bonds is 4. The van der Waals surface area contributed by atoms with Gasteiger partial charge in [-0.25, -0.2) is 15.0 Å². The molecule has 2 aromatic heterocycles. The first-order chi connectivity index (χ1) is 11.5. The average Bonchev–Trinajstić information content (AvgIpc) is 2.60. The minimum absolute atomic E-state index is 0.0680. The molecule has 1 aliphatic heterocycles. The lowest BCUT2D eigenvalue weighted by Crippen LogP contribution is -2.37. The maximum Gasteiger partial charge on any atom is 0.433 e. The molecule has 2 aromatic rings. The number of aromatic nitrogens is 3. The number of hydrogen-bond acceptors (Lipinski definition) is 6. The molecule has 1 saturated heterocycles. The fourth-order valence-corrected chi connectivity index (χ4v) is 2.40. The number of nitrogens with zero attached hydrogens (tertiary/aromatic N) is 4. The molecular formula is C15H16F3N5O. The van der Waals surface area contributed by atoms with E-state index in [1.807, 2.05) is 6.07 Å². The summed E-state index contributed by atoms with van der Waals surface area (Å²) >= 11 is 0. The van der Waals surface area contributed by atoms with E-state index in [9.17, 15) is 13.2 Å². The molecule has 0 amide bonds. The van der Waals surface area contributed by atoms with Crippen LogP contribution >= 0.6 is 0 Å². The van der Waals surface area contributed by atoms with Gasteiger partial charge in [0.05, 0.1) is 13.2 Å². The van der Waals surface area contributed by atoms with Gasteiger partial charge in [-0.1, -0.05) is 6.07 Å². The Bertz CT molecular complexity index is 689. The highest BCUT2D eigenvalue weighted by molar-refractivity contribution is 5.48. The van der Waals surface area contributed by atoms with E-state index in [0.29, 0.717) is 13.2 Å². The molecule has 1 N–H and O–H groups in total. The fraction of sp³-hybridized carbons (Fsp3) is 0.400. The standard InChI is InChI=1S/C15H16F3N5O/c16-15(17,18)12-3-5-20-14(22-12)21-10-11-2-1-4-19-13(11)23-6-8-24-9-7-23/h1-5H,6-10H2,(H,20,21,22). The van der Waals surface area contributed by atoms with E-state index in [2.05, 4.69) is 25.2 Å². The smallest absolute Gasteiger partial charge is 0.378 e. The Kier molecular flexibility index (Phi) is 4.79. The second-order valence-corrected chi connectivity index (χ2v) is 5.20. The van der Waals surface area contributed by atoms with Crippen molar-refractivity contribution in [2.45, 2.75) is 12.7 Å². The number of ether oxygens (including phenoxy) is 1. The first kappa shape index (κ1) is 16.4. The molecule has 9 heteroatoms. The summed E-state index contributed by atoms with van der Waals surface area (Å²) in [6.07, 6.45) is -1.72. The molecule has 128 valence electrons. The van der Waals surface area contributed by atoms with Crippen molar-refractivity contribution in [3.8, 4) is 0 Å². The highest BCUT2D eigenvalue weighted by Gasteiger charge is 2.32. The monoisotopic (exact) mass is 339 g/mol. The van der Waals surface area contributed by atoms with Crippen LogP contribution in [0.4, 0.5) is 24.9 Å². The first-order valence-corrected chi connectivity index (χ1v) is 7.45. The van der Waals surface area contributed by atoms with Crippen molar-refractivity contribution in [3.63, 3.8) is 0 Å². The highest BCUT2D eigenvalue weighted by Crippen LogP contribution is 2.27. The van der Waals surface area contributed by atoms with Gasteiger partial charge in [0, 0.05) is 37.6 Å². The maximum absolute atomic E-state index is 12.7. The van der Waals surface area contributed by atoms with Crippen LogP contribution in [0.25, 0.3) is 0 Å². The molecule has 0 spiro atoms. The molecule has 0 atom stereocenters. The molecule has 24 heavy (non-hydrogen) atoms. The number of alkyl halides is 3. The minimum Gasteiger partial charge on any atom is -0.378 e. The van der Waals surface area contributed by atoms with E-state index in [-0.39, 0.29) is 12.5 Å². The van der Waals surface area contributed by atoms with Gasteiger partial charge in [-0.2, -0.15) is 13.2 Å². The van der Waals surface area contributed by atoms with Crippen molar-refractivity contribution < 1.29 is 17.9 Å². The van der Waals surface area contributed by atoms with Gasteiger partial charge < -0.3 is 15.0 Å². The van der Waals surface area contributed by atoms with Crippen LogP contribution in [0.3, 0.4) is 0 Å². The molecule has 0 aromatic carbocycles. The molecular weight excluding hydrogens is 323 g/mol. The second kappa shape index (κ2) is 7.00. The van der Waals surface area contributed by atoms with Crippen molar-refractivity contribution >= 4 is 11.8 Å². The number of nitrogens with one attached hydrogen (secondary N) is 1. The van der Waals surface area contributed by atoms with Gasteiger partial charge in [-0.3, -0.25) is 0 Å². The van der Waals surface area contributed by atoms with E-state index in [1.54, 1.807) is 12.3 Å². The van der Waals surface area contributed by atoms with Crippen molar-refractivity contribution in [3.05, 3.63) is 41.9 Å². The summed E-state index contributed by atoms with van der Waals surface area (Å²) in [4.78, 5) is 13.8. The molecule has 0 saturated carbocycles. The molecule has 1 fully saturated rings. The van der Waals surface area contributed by atoms with Crippen LogP contribution in [0.15, 0.2) is 30.6 Å². The molecule has 0 radical (unpaired) electrons. The zero-order valence-electron chi connectivity index (χ0n) is 12.8. The Morgan fingerprint density at radius 1 is 1.12 bits per heavy atom. The van der Waals surface area contributed by atoms with Crippen molar-refractivity contribution in [1.29, 1.82) is 0 Å². The molecule has 0 unspecified atom stereocenters. The summed E-state index contributed by atoms with van der Waals surface area (Å²) in [5, 5.41) is 2.83. The fourth-order valence-electron chi connectivity index (χ4n) is 2.40. The number of hydrogen-bond donors (Lipinski definition) is 1. The summed E-state index contributed by atoms with van der Waals surface area (Å²) in [7, 11) is 0. The number of anilines is 2. The SMILES string of the molecule is FC(F)(F)c1ccnc(NCc2cccnc2N2CCOCC2)n1. The predicted molar refractivity (Wildman–Crippen MR) is 81.6 cm³/mol. The molecule has 1 aliphatic rings. The predicted octanol–water partition coefficient (Wildman–Crippen LogP) is 2.34. The summed E-state index contributed by atoms with van der Waals surface area (Å²) in [5.41, 5.74) is -0.111. The molecule has 3 heterocycles.